The third-order valence-electron chi connectivity index (χ3n) is 4.57. The third-order valence-corrected chi connectivity index (χ3v) is 4.57. The summed E-state index contributed by atoms with van der Waals surface area (Å²) in [5, 5.41) is 9.46. The number of likely N-dealkylation sites (N-methyl/N-ethyl adjacent to an activating group) is 1. The van der Waals surface area contributed by atoms with Gasteiger partial charge in [-0.25, -0.2) is 0 Å². The zero-order chi connectivity index (χ0) is 15.4. The molecule has 0 aliphatic heterocycles. The molecule has 0 saturated heterocycles. The van der Waals surface area contributed by atoms with Crippen molar-refractivity contribution in [2.75, 3.05) is 20.7 Å². The van der Waals surface area contributed by atoms with Crippen LogP contribution in [0.4, 0.5) is 0 Å². The van der Waals surface area contributed by atoms with Crippen LogP contribution in [0.15, 0.2) is 24.3 Å². The highest BCUT2D eigenvalue weighted by atomic mass is 16.5. The van der Waals surface area contributed by atoms with Crippen molar-refractivity contribution in [3.8, 4) is 5.75 Å². The van der Waals surface area contributed by atoms with Gasteiger partial charge in [-0.2, -0.15) is 0 Å². The zero-order valence-corrected chi connectivity index (χ0v) is 13.3. The van der Waals surface area contributed by atoms with Gasteiger partial charge in [-0.3, -0.25) is 4.90 Å². The van der Waals surface area contributed by atoms with E-state index < -0.39 is 0 Å². The topological polar surface area (TPSA) is 58.7 Å². The Kier molecular flexibility index (Phi) is 5.62. The summed E-state index contributed by atoms with van der Waals surface area (Å²) in [4.78, 5) is 2.32. The van der Waals surface area contributed by atoms with Gasteiger partial charge in [0.2, 0.25) is 0 Å². The highest BCUT2D eigenvalue weighted by Gasteiger charge is 2.32. The summed E-state index contributed by atoms with van der Waals surface area (Å²) in [7, 11) is 3.83. The number of benzene rings is 1. The molecule has 2 unspecified atom stereocenters. The fraction of sp³-hybridized carbons (Fsp3) is 0.647. The van der Waals surface area contributed by atoms with Crippen LogP contribution in [-0.4, -0.2) is 42.9 Å². The molecule has 118 valence electrons. The molecule has 0 bridgehead atoms. The molecule has 1 aromatic rings. The third kappa shape index (κ3) is 3.76. The minimum Gasteiger partial charge on any atom is -0.496 e. The quantitative estimate of drug-likeness (QED) is 0.808. The lowest BCUT2D eigenvalue weighted by Crippen LogP contribution is -2.44. The molecule has 2 rings (SSSR count). The Morgan fingerprint density at radius 2 is 2.05 bits per heavy atom. The minimum absolute atomic E-state index is 0.0660. The van der Waals surface area contributed by atoms with E-state index in [1.165, 1.54) is 0 Å². The minimum atomic E-state index is -0.104. The lowest BCUT2D eigenvalue weighted by molar-refractivity contribution is 0.0195. The maximum absolute atomic E-state index is 9.46. The molecule has 1 fully saturated rings. The largest absolute Gasteiger partial charge is 0.496 e. The molecule has 0 radical (unpaired) electrons. The molecule has 4 nitrogen and oxygen atoms in total. The Balaban J connectivity index is 2.17. The first kappa shape index (κ1) is 16.3. The number of nitrogens with two attached hydrogens (primary N) is 1. The summed E-state index contributed by atoms with van der Waals surface area (Å²) >= 11 is 0. The summed E-state index contributed by atoms with van der Waals surface area (Å²) in [5.74, 6) is 1.47. The van der Waals surface area contributed by atoms with Gasteiger partial charge in [-0.05, 0) is 38.3 Å². The number of ether oxygens (including phenoxy) is 1. The van der Waals surface area contributed by atoms with E-state index in [4.69, 9.17) is 10.5 Å². The maximum Gasteiger partial charge on any atom is 0.123 e. The molecule has 1 aliphatic rings. The lowest BCUT2D eigenvalue weighted by atomic mass is 9.81. The van der Waals surface area contributed by atoms with Crippen molar-refractivity contribution in [2.45, 2.75) is 44.4 Å². The second-order valence-electron chi connectivity index (χ2n) is 6.19. The van der Waals surface area contributed by atoms with E-state index in [1.807, 2.05) is 18.2 Å². The van der Waals surface area contributed by atoms with Gasteiger partial charge in [0.15, 0.2) is 0 Å². The van der Waals surface area contributed by atoms with Gasteiger partial charge < -0.3 is 15.6 Å². The normalized spacial score (nSPS) is 24.5. The average molecular weight is 292 g/mol. The fourth-order valence-electron chi connectivity index (χ4n) is 3.30. The SMILES string of the molecule is CCC(N)C(c1ccccc1OC)N(C)CC1CC(O)C1. The van der Waals surface area contributed by atoms with Crippen molar-refractivity contribution >= 4 is 0 Å². The van der Waals surface area contributed by atoms with Gasteiger partial charge in [0.1, 0.15) is 5.75 Å². The molecule has 1 aliphatic carbocycles. The number of aliphatic hydroxyl groups excluding tert-OH is 1. The predicted molar refractivity (Wildman–Crippen MR) is 85.4 cm³/mol. The van der Waals surface area contributed by atoms with Gasteiger partial charge in [-0.15, -0.1) is 0 Å². The van der Waals surface area contributed by atoms with E-state index in [-0.39, 0.29) is 18.2 Å². The number of hydrogen-bond donors (Lipinski definition) is 2. The van der Waals surface area contributed by atoms with E-state index in [2.05, 4.69) is 24.9 Å². The molecule has 0 heterocycles. The van der Waals surface area contributed by atoms with Crippen molar-refractivity contribution in [3.05, 3.63) is 29.8 Å². The number of para-hydroxylation sites is 1. The monoisotopic (exact) mass is 292 g/mol. The van der Waals surface area contributed by atoms with Crippen LogP contribution < -0.4 is 10.5 Å². The number of methoxy groups -OCH3 is 1. The van der Waals surface area contributed by atoms with Crippen LogP contribution in [0.3, 0.4) is 0 Å². The Morgan fingerprint density at radius 1 is 1.38 bits per heavy atom. The van der Waals surface area contributed by atoms with Crippen LogP contribution in [0.1, 0.15) is 37.8 Å². The van der Waals surface area contributed by atoms with Crippen molar-refractivity contribution in [1.82, 2.24) is 4.90 Å². The molecule has 1 saturated carbocycles. The molecular formula is C17H28N2O2. The van der Waals surface area contributed by atoms with Gasteiger partial charge in [0.05, 0.1) is 19.3 Å². The average Bonchev–Trinajstić information content (AvgIpc) is 2.46. The van der Waals surface area contributed by atoms with Crippen molar-refractivity contribution in [3.63, 3.8) is 0 Å². The van der Waals surface area contributed by atoms with Crippen molar-refractivity contribution < 1.29 is 9.84 Å². The van der Waals surface area contributed by atoms with Crippen LogP contribution in [0.2, 0.25) is 0 Å². The Bertz CT molecular complexity index is 446. The first-order valence-corrected chi connectivity index (χ1v) is 7.83. The smallest absolute Gasteiger partial charge is 0.123 e. The van der Waals surface area contributed by atoms with E-state index in [1.54, 1.807) is 7.11 Å². The molecular weight excluding hydrogens is 264 g/mol. The summed E-state index contributed by atoms with van der Waals surface area (Å²) < 4.78 is 5.51. The molecule has 1 aromatic carbocycles. The standard InChI is InChI=1S/C17H28N2O2/c1-4-15(18)17(14-7-5-6-8-16(14)21-3)19(2)11-12-9-13(20)10-12/h5-8,12-13,15,17,20H,4,9-11,18H2,1-3H3. The maximum atomic E-state index is 9.46. The summed E-state index contributed by atoms with van der Waals surface area (Å²) in [5.41, 5.74) is 7.54. The fourth-order valence-corrected chi connectivity index (χ4v) is 3.30. The van der Waals surface area contributed by atoms with E-state index in [0.717, 1.165) is 37.1 Å². The van der Waals surface area contributed by atoms with Crippen LogP contribution in [-0.2, 0) is 0 Å². The van der Waals surface area contributed by atoms with Crippen LogP contribution in [0, 0.1) is 5.92 Å². The molecule has 4 heteroatoms. The Labute approximate surface area is 127 Å². The van der Waals surface area contributed by atoms with E-state index in [0.29, 0.717) is 5.92 Å². The summed E-state index contributed by atoms with van der Waals surface area (Å²) in [6.45, 7) is 3.08. The van der Waals surface area contributed by atoms with Crippen molar-refractivity contribution in [2.24, 2.45) is 11.7 Å². The summed E-state index contributed by atoms with van der Waals surface area (Å²) in [6, 6.07) is 8.32. The lowest BCUT2D eigenvalue weighted by Gasteiger charge is -2.39. The summed E-state index contributed by atoms with van der Waals surface area (Å²) in [6.07, 6.45) is 2.63. The Morgan fingerprint density at radius 3 is 2.62 bits per heavy atom. The molecule has 0 spiro atoms. The first-order valence-electron chi connectivity index (χ1n) is 7.83. The van der Waals surface area contributed by atoms with Crippen LogP contribution >= 0.6 is 0 Å². The highest BCUT2D eigenvalue weighted by molar-refractivity contribution is 5.36. The number of nitrogens with zero attached hydrogens (tertiary/aromatic N) is 1. The van der Waals surface area contributed by atoms with Gasteiger partial charge in [-0.1, -0.05) is 25.1 Å². The number of hydrogen-bond acceptors (Lipinski definition) is 4. The second kappa shape index (κ2) is 7.25. The van der Waals surface area contributed by atoms with E-state index >= 15 is 0 Å². The number of aliphatic hydroxyl groups is 1. The molecule has 0 aromatic heterocycles. The second-order valence-corrected chi connectivity index (χ2v) is 6.19. The molecule has 3 N–H and O–H groups in total. The van der Waals surface area contributed by atoms with Gasteiger partial charge in [0, 0.05) is 18.2 Å². The highest BCUT2D eigenvalue weighted by Crippen LogP contribution is 2.34. The van der Waals surface area contributed by atoms with Crippen molar-refractivity contribution in [1.29, 1.82) is 0 Å². The molecule has 2 atom stereocenters. The molecule has 0 amide bonds. The van der Waals surface area contributed by atoms with E-state index in [9.17, 15) is 5.11 Å². The van der Waals surface area contributed by atoms with Gasteiger partial charge in [0.25, 0.3) is 0 Å². The predicted octanol–water partition coefficient (Wildman–Crippen LogP) is 2.18. The van der Waals surface area contributed by atoms with Crippen LogP contribution in [0.5, 0.6) is 5.75 Å². The first-order chi connectivity index (χ1) is 10.1. The zero-order valence-electron chi connectivity index (χ0n) is 13.3. The Hall–Kier alpha value is -1.10. The van der Waals surface area contributed by atoms with Crippen LogP contribution in [0.25, 0.3) is 0 Å². The van der Waals surface area contributed by atoms with Gasteiger partial charge >= 0.3 is 0 Å². The number of rotatable bonds is 7. The molecule has 21 heavy (non-hydrogen) atoms.